The summed E-state index contributed by atoms with van der Waals surface area (Å²) in [4.78, 5) is 45.1. The molecule has 2 N–H and O–H groups in total. The summed E-state index contributed by atoms with van der Waals surface area (Å²) in [7, 11) is 1.61. The van der Waals surface area contributed by atoms with Crippen LogP contribution >= 0.6 is 0 Å². The van der Waals surface area contributed by atoms with E-state index < -0.39 is 30.5 Å². The molecule has 1 atom stereocenters. The van der Waals surface area contributed by atoms with E-state index in [1.807, 2.05) is 0 Å². The maximum Gasteiger partial charge on any atom is 0.326 e. The van der Waals surface area contributed by atoms with E-state index in [0.717, 1.165) is 0 Å². The van der Waals surface area contributed by atoms with Crippen molar-refractivity contribution < 1.29 is 28.6 Å². The number of amides is 2. The second-order valence-electron chi connectivity index (χ2n) is 5.97. The van der Waals surface area contributed by atoms with Gasteiger partial charge in [0.1, 0.15) is 13.2 Å². The first-order chi connectivity index (χ1) is 14.0. The lowest BCUT2D eigenvalue weighted by atomic mass is 10.2. The van der Waals surface area contributed by atoms with Crippen LogP contribution in [0.25, 0.3) is 0 Å². The van der Waals surface area contributed by atoms with E-state index in [4.69, 9.17) is 14.2 Å². The van der Waals surface area contributed by atoms with Gasteiger partial charge in [-0.3, -0.25) is 25.2 Å². The molecule has 1 aliphatic heterocycles. The van der Waals surface area contributed by atoms with Crippen LogP contribution < -0.4 is 25.2 Å². The third-order valence-electron chi connectivity index (χ3n) is 3.75. The maximum absolute atomic E-state index is 12.1. The number of hydrazine groups is 1. The molecule has 2 amide bonds. The molecule has 0 bridgehead atoms. The molecule has 1 aliphatic rings. The van der Waals surface area contributed by atoms with Gasteiger partial charge in [-0.1, -0.05) is 12.1 Å². The average molecular weight is 401 g/mol. The highest BCUT2D eigenvalue weighted by molar-refractivity contribution is 5.86. The molecule has 152 valence electrons. The summed E-state index contributed by atoms with van der Waals surface area (Å²) in [6.07, 6.45) is 2.16. The van der Waals surface area contributed by atoms with Crippen molar-refractivity contribution in [3.05, 3.63) is 42.7 Å². The lowest BCUT2D eigenvalue weighted by Crippen LogP contribution is -2.51. The van der Waals surface area contributed by atoms with Gasteiger partial charge in [-0.05, 0) is 18.2 Å². The van der Waals surface area contributed by atoms with Crippen LogP contribution in [0, 0.1) is 0 Å². The molecule has 2 aromatic rings. The van der Waals surface area contributed by atoms with Crippen LogP contribution in [0.4, 0.5) is 5.95 Å². The quantitative estimate of drug-likeness (QED) is 0.483. The van der Waals surface area contributed by atoms with Gasteiger partial charge in [0.15, 0.2) is 18.1 Å². The summed E-state index contributed by atoms with van der Waals surface area (Å²) < 4.78 is 15.8. The van der Waals surface area contributed by atoms with Gasteiger partial charge < -0.3 is 19.1 Å². The highest BCUT2D eigenvalue weighted by Crippen LogP contribution is 2.30. The lowest BCUT2D eigenvalue weighted by Gasteiger charge is -2.25. The Labute approximate surface area is 165 Å². The standard InChI is InChI=1S/C18H19N5O6/c1-23(18-19-7-4-8-20-18)9-16(25)28-11-15(24)21-22-17(26)14-10-27-12-5-2-3-6-13(12)29-14/h2-8,14H,9-11H2,1H3,(H,21,24)(H,22,26). The summed E-state index contributed by atoms with van der Waals surface area (Å²) in [5, 5.41) is 0. The Hall–Kier alpha value is -3.89. The number of ether oxygens (including phenoxy) is 3. The van der Waals surface area contributed by atoms with Crippen molar-refractivity contribution >= 4 is 23.7 Å². The molecule has 1 aromatic carbocycles. The Morgan fingerprint density at radius 2 is 1.86 bits per heavy atom. The molecule has 0 aliphatic carbocycles. The van der Waals surface area contributed by atoms with Crippen LogP contribution in [0.3, 0.4) is 0 Å². The fourth-order valence-electron chi connectivity index (χ4n) is 2.34. The van der Waals surface area contributed by atoms with E-state index in [1.54, 1.807) is 49.8 Å². The number of likely N-dealkylation sites (N-methyl/N-ethyl adjacent to an activating group) is 1. The van der Waals surface area contributed by atoms with E-state index >= 15 is 0 Å². The number of aromatic nitrogens is 2. The van der Waals surface area contributed by atoms with Crippen molar-refractivity contribution in [1.29, 1.82) is 0 Å². The van der Waals surface area contributed by atoms with E-state index in [-0.39, 0.29) is 13.2 Å². The zero-order chi connectivity index (χ0) is 20.6. The van der Waals surface area contributed by atoms with Crippen LogP contribution in [0.15, 0.2) is 42.7 Å². The maximum atomic E-state index is 12.1. The fraction of sp³-hybridized carbons (Fsp3) is 0.278. The number of nitrogens with zero attached hydrogens (tertiary/aromatic N) is 3. The van der Waals surface area contributed by atoms with Gasteiger partial charge in [0.05, 0.1) is 0 Å². The molecule has 29 heavy (non-hydrogen) atoms. The van der Waals surface area contributed by atoms with Gasteiger partial charge in [0.2, 0.25) is 12.1 Å². The molecule has 1 unspecified atom stereocenters. The minimum atomic E-state index is -0.924. The number of carbonyl (C=O) groups excluding carboxylic acids is 3. The molecule has 0 fully saturated rings. The fourth-order valence-corrected chi connectivity index (χ4v) is 2.34. The first-order valence-corrected chi connectivity index (χ1v) is 8.64. The number of anilines is 1. The third-order valence-corrected chi connectivity index (χ3v) is 3.75. The van der Waals surface area contributed by atoms with E-state index in [0.29, 0.717) is 17.4 Å². The molecule has 0 spiro atoms. The highest BCUT2D eigenvalue weighted by Gasteiger charge is 2.27. The molecule has 0 saturated heterocycles. The van der Waals surface area contributed by atoms with Crippen molar-refractivity contribution in [2.75, 3.05) is 31.7 Å². The predicted octanol–water partition coefficient (Wildman–Crippen LogP) is -0.557. The van der Waals surface area contributed by atoms with Crippen molar-refractivity contribution in [3.63, 3.8) is 0 Å². The molecule has 11 nitrogen and oxygen atoms in total. The van der Waals surface area contributed by atoms with Gasteiger partial charge in [-0.2, -0.15) is 0 Å². The Bertz CT molecular complexity index is 878. The molecule has 0 saturated carbocycles. The van der Waals surface area contributed by atoms with Crippen LogP contribution in [0.2, 0.25) is 0 Å². The smallest absolute Gasteiger partial charge is 0.326 e. The number of carbonyl (C=O) groups is 3. The Kier molecular flexibility index (Phi) is 6.40. The zero-order valence-corrected chi connectivity index (χ0v) is 15.5. The van der Waals surface area contributed by atoms with Gasteiger partial charge in [-0.25, -0.2) is 9.97 Å². The molecule has 2 heterocycles. The monoisotopic (exact) mass is 401 g/mol. The van der Waals surface area contributed by atoms with Gasteiger partial charge in [0.25, 0.3) is 11.8 Å². The summed E-state index contributed by atoms with van der Waals surface area (Å²) in [5.41, 5.74) is 4.36. The van der Waals surface area contributed by atoms with Gasteiger partial charge >= 0.3 is 5.97 Å². The van der Waals surface area contributed by atoms with E-state index in [1.165, 1.54) is 4.90 Å². The molecule has 1 aromatic heterocycles. The number of para-hydroxylation sites is 2. The minimum Gasteiger partial charge on any atom is -0.485 e. The van der Waals surface area contributed by atoms with Crippen LogP contribution in [0.5, 0.6) is 11.5 Å². The highest BCUT2D eigenvalue weighted by atomic mass is 16.6. The van der Waals surface area contributed by atoms with Crippen LogP contribution in [-0.2, 0) is 19.1 Å². The number of fused-ring (bicyclic) bond motifs is 1. The number of hydrogen-bond donors (Lipinski definition) is 2. The normalized spacial score (nSPS) is 14.4. The second kappa shape index (κ2) is 9.35. The molecular weight excluding hydrogens is 382 g/mol. The zero-order valence-electron chi connectivity index (χ0n) is 15.5. The first-order valence-electron chi connectivity index (χ1n) is 8.64. The number of hydrogen-bond acceptors (Lipinski definition) is 9. The summed E-state index contributed by atoms with van der Waals surface area (Å²) in [6, 6.07) is 8.58. The van der Waals surface area contributed by atoms with Crippen molar-refractivity contribution in [3.8, 4) is 11.5 Å². The number of nitrogens with one attached hydrogen (secondary N) is 2. The number of esters is 1. The molecule has 11 heteroatoms. The van der Waals surface area contributed by atoms with Gasteiger partial charge in [-0.15, -0.1) is 0 Å². The van der Waals surface area contributed by atoms with Crippen molar-refractivity contribution in [2.45, 2.75) is 6.10 Å². The predicted molar refractivity (Wildman–Crippen MR) is 98.9 cm³/mol. The summed E-state index contributed by atoms with van der Waals surface area (Å²) in [5.74, 6) is -0.633. The summed E-state index contributed by atoms with van der Waals surface area (Å²) in [6.45, 7) is -0.703. The van der Waals surface area contributed by atoms with E-state index in [2.05, 4.69) is 20.8 Å². The molecular formula is C18H19N5O6. The first kappa shape index (κ1) is 19.9. The molecule has 3 rings (SSSR count). The van der Waals surface area contributed by atoms with Crippen molar-refractivity contribution in [2.24, 2.45) is 0 Å². The summed E-state index contributed by atoms with van der Waals surface area (Å²) >= 11 is 0. The Morgan fingerprint density at radius 1 is 1.14 bits per heavy atom. The largest absolute Gasteiger partial charge is 0.485 e. The van der Waals surface area contributed by atoms with Gasteiger partial charge in [0, 0.05) is 19.4 Å². The molecule has 0 radical (unpaired) electrons. The van der Waals surface area contributed by atoms with Crippen LogP contribution in [-0.4, -0.2) is 60.7 Å². The Balaban J connectivity index is 1.36. The lowest BCUT2D eigenvalue weighted by molar-refractivity contribution is -0.148. The van der Waals surface area contributed by atoms with E-state index in [9.17, 15) is 14.4 Å². The average Bonchev–Trinajstić information content (AvgIpc) is 2.76. The SMILES string of the molecule is CN(CC(=O)OCC(=O)NNC(=O)C1COc2ccccc2O1)c1ncccn1. The second-order valence-corrected chi connectivity index (χ2v) is 5.97. The number of rotatable bonds is 6. The number of benzene rings is 1. The third kappa shape index (κ3) is 5.54. The Morgan fingerprint density at radius 3 is 2.62 bits per heavy atom. The van der Waals surface area contributed by atoms with Crippen LogP contribution in [0.1, 0.15) is 0 Å². The minimum absolute atomic E-state index is 0.00158. The van der Waals surface area contributed by atoms with Crippen molar-refractivity contribution in [1.82, 2.24) is 20.8 Å². The topological polar surface area (TPSA) is 132 Å².